The molecule has 0 spiro atoms. The molecule has 4 nitrogen and oxygen atoms in total. The SMILES string of the molecule is CCN(CC)CCn1c2c(c(SC/C=C/c3ccccc3)nc1=O)CCCC2. The van der Waals surface area contributed by atoms with Crippen molar-refractivity contribution in [3.63, 3.8) is 0 Å². The molecule has 3 rings (SSSR count). The van der Waals surface area contributed by atoms with Crippen LogP contribution in [0.15, 0.2) is 46.2 Å². The van der Waals surface area contributed by atoms with Gasteiger partial charge in [-0.3, -0.25) is 4.57 Å². The molecular weight excluding hydrogens is 366 g/mol. The first-order chi connectivity index (χ1) is 13.7. The smallest absolute Gasteiger partial charge is 0.302 e. The van der Waals surface area contributed by atoms with Crippen molar-refractivity contribution in [1.82, 2.24) is 14.5 Å². The molecule has 0 atom stereocenters. The molecule has 0 fully saturated rings. The van der Waals surface area contributed by atoms with Crippen molar-refractivity contribution in [2.24, 2.45) is 0 Å². The van der Waals surface area contributed by atoms with Crippen molar-refractivity contribution >= 4 is 17.8 Å². The van der Waals surface area contributed by atoms with Crippen LogP contribution < -0.4 is 5.69 Å². The molecular formula is C23H31N3OS. The Bertz CT molecular complexity index is 841. The highest BCUT2D eigenvalue weighted by Crippen LogP contribution is 2.28. The molecule has 1 aliphatic carbocycles. The summed E-state index contributed by atoms with van der Waals surface area (Å²) in [5.41, 5.74) is 3.66. The van der Waals surface area contributed by atoms with Crippen molar-refractivity contribution in [1.29, 1.82) is 0 Å². The fourth-order valence-electron chi connectivity index (χ4n) is 3.75. The van der Waals surface area contributed by atoms with Gasteiger partial charge in [0.25, 0.3) is 0 Å². The van der Waals surface area contributed by atoms with E-state index in [2.05, 4.69) is 48.0 Å². The van der Waals surface area contributed by atoms with Gasteiger partial charge in [-0.2, -0.15) is 4.98 Å². The van der Waals surface area contributed by atoms with Gasteiger partial charge in [0.05, 0.1) is 0 Å². The first kappa shape index (κ1) is 20.9. The van der Waals surface area contributed by atoms with Gasteiger partial charge in [-0.1, -0.05) is 56.3 Å². The molecule has 1 heterocycles. The van der Waals surface area contributed by atoms with E-state index < -0.39 is 0 Å². The summed E-state index contributed by atoms with van der Waals surface area (Å²) in [5, 5.41) is 0.941. The first-order valence-electron chi connectivity index (χ1n) is 10.4. The van der Waals surface area contributed by atoms with Gasteiger partial charge in [-0.15, -0.1) is 11.8 Å². The van der Waals surface area contributed by atoms with Crippen molar-refractivity contribution in [2.45, 2.75) is 51.1 Å². The average molecular weight is 398 g/mol. The summed E-state index contributed by atoms with van der Waals surface area (Å²) in [6.07, 6.45) is 8.68. The molecule has 1 aliphatic rings. The molecule has 2 aromatic rings. The predicted molar refractivity (Wildman–Crippen MR) is 119 cm³/mol. The molecule has 28 heavy (non-hydrogen) atoms. The molecule has 0 N–H and O–H groups in total. The molecule has 150 valence electrons. The molecule has 0 aliphatic heterocycles. The van der Waals surface area contributed by atoms with Crippen molar-refractivity contribution in [3.05, 3.63) is 63.7 Å². The van der Waals surface area contributed by atoms with Crippen molar-refractivity contribution < 1.29 is 0 Å². The van der Waals surface area contributed by atoms with Crippen LogP contribution in [0.2, 0.25) is 0 Å². The fraction of sp³-hybridized carbons (Fsp3) is 0.478. The van der Waals surface area contributed by atoms with Gasteiger partial charge >= 0.3 is 5.69 Å². The Morgan fingerprint density at radius 2 is 1.89 bits per heavy atom. The Hall–Kier alpha value is -1.85. The van der Waals surface area contributed by atoms with Crippen LogP contribution in [0.25, 0.3) is 6.08 Å². The zero-order chi connectivity index (χ0) is 19.8. The van der Waals surface area contributed by atoms with Gasteiger partial charge < -0.3 is 4.90 Å². The summed E-state index contributed by atoms with van der Waals surface area (Å²) >= 11 is 1.69. The van der Waals surface area contributed by atoms with Gasteiger partial charge in [0.2, 0.25) is 0 Å². The number of thioether (sulfide) groups is 1. The highest BCUT2D eigenvalue weighted by Gasteiger charge is 2.20. The third-order valence-electron chi connectivity index (χ3n) is 5.41. The summed E-state index contributed by atoms with van der Waals surface area (Å²) in [6.45, 7) is 8.03. The molecule has 0 saturated heterocycles. The Morgan fingerprint density at radius 1 is 1.14 bits per heavy atom. The molecule has 1 aromatic carbocycles. The first-order valence-corrected chi connectivity index (χ1v) is 11.4. The van der Waals surface area contributed by atoms with E-state index in [9.17, 15) is 4.79 Å². The zero-order valence-corrected chi connectivity index (χ0v) is 17.9. The Balaban J connectivity index is 1.74. The summed E-state index contributed by atoms with van der Waals surface area (Å²) in [7, 11) is 0. The van der Waals surface area contributed by atoms with Crippen LogP contribution in [0.5, 0.6) is 0 Å². The lowest BCUT2D eigenvalue weighted by Crippen LogP contribution is -2.35. The topological polar surface area (TPSA) is 38.1 Å². The van der Waals surface area contributed by atoms with Gasteiger partial charge in [-0.05, 0) is 44.3 Å². The van der Waals surface area contributed by atoms with Crippen LogP contribution in [0.4, 0.5) is 0 Å². The Labute approximate surface area is 172 Å². The molecule has 5 heteroatoms. The van der Waals surface area contributed by atoms with Gasteiger partial charge in [0.15, 0.2) is 0 Å². The summed E-state index contributed by atoms with van der Waals surface area (Å²) in [6, 6.07) is 10.3. The molecule has 0 saturated carbocycles. The van der Waals surface area contributed by atoms with E-state index in [0.29, 0.717) is 0 Å². The van der Waals surface area contributed by atoms with E-state index >= 15 is 0 Å². The van der Waals surface area contributed by atoms with E-state index in [0.717, 1.165) is 49.8 Å². The largest absolute Gasteiger partial charge is 0.348 e. The number of benzene rings is 1. The lowest BCUT2D eigenvalue weighted by Gasteiger charge is -2.24. The van der Waals surface area contributed by atoms with Crippen LogP contribution in [-0.2, 0) is 19.4 Å². The van der Waals surface area contributed by atoms with E-state index in [4.69, 9.17) is 0 Å². The number of likely N-dealkylation sites (N-methyl/N-ethyl adjacent to an activating group) is 1. The minimum absolute atomic E-state index is 0.0812. The Morgan fingerprint density at radius 3 is 2.64 bits per heavy atom. The second-order valence-electron chi connectivity index (χ2n) is 7.13. The van der Waals surface area contributed by atoms with Gasteiger partial charge in [-0.25, -0.2) is 4.79 Å². The number of fused-ring (bicyclic) bond motifs is 1. The maximum atomic E-state index is 12.8. The van der Waals surface area contributed by atoms with E-state index in [1.165, 1.54) is 29.7 Å². The van der Waals surface area contributed by atoms with E-state index in [-0.39, 0.29) is 5.69 Å². The maximum Gasteiger partial charge on any atom is 0.348 e. The lowest BCUT2D eigenvalue weighted by atomic mass is 9.97. The number of aromatic nitrogens is 2. The third-order valence-corrected chi connectivity index (χ3v) is 6.38. The fourth-order valence-corrected chi connectivity index (χ4v) is 4.64. The third kappa shape index (κ3) is 5.36. The molecule has 0 bridgehead atoms. The van der Waals surface area contributed by atoms with Gasteiger partial charge in [0, 0.05) is 30.1 Å². The van der Waals surface area contributed by atoms with E-state index in [1.807, 2.05) is 22.8 Å². The van der Waals surface area contributed by atoms with Crippen molar-refractivity contribution in [3.8, 4) is 0 Å². The second-order valence-corrected chi connectivity index (χ2v) is 8.14. The number of rotatable bonds is 9. The van der Waals surface area contributed by atoms with E-state index in [1.54, 1.807) is 11.8 Å². The summed E-state index contributed by atoms with van der Waals surface area (Å²) in [5.74, 6) is 0.831. The van der Waals surface area contributed by atoms with Crippen LogP contribution in [0.3, 0.4) is 0 Å². The highest BCUT2D eigenvalue weighted by atomic mass is 32.2. The van der Waals surface area contributed by atoms with Crippen LogP contribution >= 0.6 is 11.8 Å². The minimum Gasteiger partial charge on any atom is -0.302 e. The van der Waals surface area contributed by atoms with Gasteiger partial charge in [0.1, 0.15) is 5.03 Å². The van der Waals surface area contributed by atoms with Crippen molar-refractivity contribution in [2.75, 3.05) is 25.4 Å². The summed E-state index contributed by atoms with van der Waals surface area (Å²) in [4.78, 5) is 19.6. The average Bonchev–Trinajstić information content (AvgIpc) is 2.74. The predicted octanol–water partition coefficient (Wildman–Crippen LogP) is 4.27. The summed E-state index contributed by atoms with van der Waals surface area (Å²) < 4.78 is 1.94. The maximum absolute atomic E-state index is 12.8. The highest BCUT2D eigenvalue weighted by molar-refractivity contribution is 7.99. The number of hydrogen-bond acceptors (Lipinski definition) is 4. The quantitative estimate of drug-likeness (QED) is 0.468. The van der Waals surface area contributed by atoms with Crippen LogP contribution in [0.1, 0.15) is 43.5 Å². The molecule has 0 unspecified atom stereocenters. The standard InChI is InChI=1S/C23H31N3OS/c1-3-25(4-2)16-17-26-21-15-9-8-14-20(21)22(24-23(26)27)28-18-10-13-19-11-6-5-7-12-19/h5-7,10-13H,3-4,8-9,14-18H2,1-2H3/b13-10+. The monoisotopic (exact) mass is 397 g/mol. The van der Waals surface area contributed by atoms with Crippen LogP contribution in [0, 0.1) is 0 Å². The molecule has 0 amide bonds. The second kappa shape index (κ2) is 10.6. The lowest BCUT2D eigenvalue weighted by molar-refractivity contribution is 0.285. The molecule has 0 radical (unpaired) electrons. The molecule has 1 aromatic heterocycles. The number of nitrogens with zero attached hydrogens (tertiary/aromatic N) is 3. The Kier molecular flexibility index (Phi) is 7.92. The van der Waals surface area contributed by atoms with Crippen LogP contribution in [-0.4, -0.2) is 39.8 Å². The normalized spacial score (nSPS) is 14.0. The zero-order valence-electron chi connectivity index (χ0n) is 17.1. The minimum atomic E-state index is -0.0812. The number of hydrogen-bond donors (Lipinski definition) is 0.